The molecule has 1 saturated heterocycles. The van der Waals surface area contributed by atoms with Crippen molar-refractivity contribution >= 4 is 11.7 Å². The van der Waals surface area contributed by atoms with Crippen molar-refractivity contribution in [1.82, 2.24) is 9.80 Å². The summed E-state index contributed by atoms with van der Waals surface area (Å²) in [5.41, 5.74) is 1.37. The molecule has 25 heavy (non-hydrogen) atoms. The molecule has 1 aliphatic heterocycles. The van der Waals surface area contributed by atoms with E-state index in [2.05, 4.69) is 4.90 Å². The average Bonchev–Trinajstić information content (AvgIpc) is 2.68. The van der Waals surface area contributed by atoms with Gasteiger partial charge in [-0.05, 0) is 18.2 Å². The van der Waals surface area contributed by atoms with Crippen LogP contribution in [0.15, 0.2) is 54.6 Å². The number of rotatable bonds is 5. The molecule has 0 bridgehead atoms. The largest absolute Gasteiger partial charge is 0.497 e. The molecule has 1 aliphatic rings. The van der Waals surface area contributed by atoms with E-state index in [4.69, 9.17) is 4.74 Å². The van der Waals surface area contributed by atoms with Gasteiger partial charge in [-0.2, -0.15) is 0 Å². The molecule has 2 aromatic rings. The average molecular weight is 338 g/mol. The van der Waals surface area contributed by atoms with Gasteiger partial charge in [0.2, 0.25) is 0 Å². The number of carbonyl (C=O) groups excluding carboxylic acids is 2. The van der Waals surface area contributed by atoms with E-state index in [0.717, 1.165) is 5.56 Å². The van der Waals surface area contributed by atoms with Gasteiger partial charge in [-0.3, -0.25) is 14.5 Å². The van der Waals surface area contributed by atoms with Gasteiger partial charge in [-0.1, -0.05) is 36.4 Å². The second-order valence-electron chi connectivity index (χ2n) is 6.09. The topological polar surface area (TPSA) is 49.9 Å². The van der Waals surface area contributed by atoms with Gasteiger partial charge < -0.3 is 9.64 Å². The highest BCUT2D eigenvalue weighted by atomic mass is 16.5. The Morgan fingerprint density at radius 1 is 0.920 bits per heavy atom. The van der Waals surface area contributed by atoms with Crippen molar-refractivity contribution in [1.29, 1.82) is 0 Å². The van der Waals surface area contributed by atoms with Crippen LogP contribution in [-0.2, 0) is 0 Å². The van der Waals surface area contributed by atoms with Crippen LogP contribution in [0.1, 0.15) is 20.7 Å². The standard InChI is InChI=1S/C20H22N2O3/c1-25-18-9-5-8-17(14-18)20(24)22-12-10-21(11-13-22)15-19(23)16-6-3-2-4-7-16/h2-9,14H,10-13,15H2,1H3. The van der Waals surface area contributed by atoms with Gasteiger partial charge in [0.05, 0.1) is 13.7 Å². The highest BCUT2D eigenvalue weighted by Gasteiger charge is 2.23. The van der Waals surface area contributed by atoms with Gasteiger partial charge in [-0.25, -0.2) is 0 Å². The van der Waals surface area contributed by atoms with E-state index in [0.29, 0.717) is 44.0 Å². The summed E-state index contributed by atoms with van der Waals surface area (Å²) in [6.07, 6.45) is 0. The van der Waals surface area contributed by atoms with Gasteiger partial charge >= 0.3 is 0 Å². The van der Waals surface area contributed by atoms with Gasteiger partial charge in [0.15, 0.2) is 5.78 Å². The first-order chi connectivity index (χ1) is 12.2. The smallest absolute Gasteiger partial charge is 0.254 e. The second-order valence-corrected chi connectivity index (χ2v) is 6.09. The third-order valence-corrected chi connectivity index (χ3v) is 4.44. The number of nitrogens with zero attached hydrogens (tertiary/aromatic N) is 2. The maximum atomic E-state index is 12.6. The van der Waals surface area contributed by atoms with Crippen LogP contribution < -0.4 is 4.74 Å². The Bertz CT molecular complexity index is 738. The minimum absolute atomic E-state index is 0.00735. The monoisotopic (exact) mass is 338 g/mol. The number of amides is 1. The number of ether oxygens (including phenoxy) is 1. The molecule has 0 saturated carbocycles. The lowest BCUT2D eigenvalue weighted by Crippen LogP contribution is -2.49. The van der Waals surface area contributed by atoms with Crippen LogP contribution in [0.25, 0.3) is 0 Å². The molecule has 2 aromatic carbocycles. The summed E-state index contributed by atoms with van der Waals surface area (Å²) in [6, 6.07) is 16.5. The van der Waals surface area contributed by atoms with E-state index in [9.17, 15) is 9.59 Å². The molecule has 0 radical (unpaired) electrons. The number of methoxy groups -OCH3 is 1. The fraction of sp³-hybridized carbons (Fsp3) is 0.300. The quantitative estimate of drug-likeness (QED) is 0.785. The van der Waals surface area contributed by atoms with E-state index < -0.39 is 0 Å². The fourth-order valence-electron chi connectivity index (χ4n) is 2.97. The zero-order valence-corrected chi connectivity index (χ0v) is 14.4. The number of benzene rings is 2. The Morgan fingerprint density at radius 3 is 2.28 bits per heavy atom. The summed E-state index contributed by atoms with van der Waals surface area (Å²) in [5, 5.41) is 0. The number of Topliss-reactive ketones (excluding diaryl/α,β-unsaturated/α-hetero) is 1. The predicted octanol–water partition coefficient (Wildman–Crippen LogP) is 2.34. The number of hydrogen-bond acceptors (Lipinski definition) is 4. The molecule has 0 aromatic heterocycles. The number of ketones is 1. The van der Waals surface area contributed by atoms with Gasteiger partial charge in [0.1, 0.15) is 5.75 Å². The fourth-order valence-corrected chi connectivity index (χ4v) is 2.97. The Labute approximate surface area is 147 Å². The molecule has 1 fully saturated rings. The molecule has 3 rings (SSSR count). The van der Waals surface area contributed by atoms with Crippen LogP contribution in [0.4, 0.5) is 0 Å². The molecule has 0 N–H and O–H groups in total. The number of hydrogen-bond donors (Lipinski definition) is 0. The van der Waals surface area contributed by atoms with Gasteiger partial charge in [-0.15, -0.1) is 0 Å². The third kappa shape index (κ3) is 4.25. The molecule has 0 spiro atoms. The molecular formula is C20H22N2O3. The minimum atomic E-state index is 0.00735. The van der Waals surface area contributed by atoms with Crippen molar-refractivity contribution in [2.75, 3.05) is 39.8 Å². The molecule has 5 nitrogen and oxygen atoms in total. The SMILES string of the molecule is COc1cccc(C(=O)N2CCN(CC(=O)c3ccccc3)CC2)c1. The third-order valence-electron chi connectivity index (χ3n) is 4.44. The lowest BCUT2D eigenvalue weighted by Gasteiger charge is -2.34. The maximum absolute atomic E-state index is 12.6. The maximum Gasteiger partial charge on any atom is 0.254 e. The number of carbonyl (C=O) groups is 2. The zero-order valence-electron chi connectivity index (χ0n) is 14.4. The lowest BCUT2D eigenvalue weighted by atomic mass is 10.1. The van der Waals surface area contributed by atoms with Crippen molar-refractivity contribution in [3.05, 3.63) is 65.7 Å². The van der Waals surface area contributed by atoms with E-state index in [1.807, 2.05) is 47.4 Å². The first-order valence-electron chi connectivity index (χ1n) is 8.41. The van der Waals surface area contributed by atoms with Crippen molar-refractivity contribution in [3.8, 4) is 5.75 Å². The summed E-state index contributed by atoms with van der Waals surface area (Å²) in [7, 11) is 1.59. The molecular weight excluding hydrogens is 316 g/mol. The van der Waals surface area contributed by atoms with E-state index >= 15 is 0 Å². The highest BCUT2D eigenvalue weighted by molar-refractivity contribution is 5.97. The van der Waals surface area contributed by atoms with Crippen LogP contribution in [0.2, 0.25) is 0 Å². The van der Waals surface area contributed by atoms with Crippen LogP contribution in [0.5, 0.6) is 5.75 Å². The van der Waals surface area contributed by atoms with E-state index in [-0.39, 0.29) is 11.7 Å². The Balaban J connectivity index is 1.54. The highest BCUT2D eigenvalue weighted by Crippen LogP contribution is 2.15. The lowest BCUT2D eigenvalue weighted by molar-refractivity contribution is 0.0624. The first-order valence-corrected chi connectivity index (χ1v) is 8.41. The van der Waals surface area contributed by atoms with Crippen molar-refractivity contribution in [2.45, 2.75) is 0 Å². The first kappa shape index (κ1) is 17.2. The molecule has 5 heteroatoms. The molecule has 0 unspecified atom stereocenters. The molecule has 130 valence electrons. The van der Waals surface area contributed by atoms with Crippen LogP contribution in [-0.4, -0.2) is 61.3 Å². The van der Waals surface area contributed by atoms with E-state index in [1.54, 1.807) is 19.2 Å². The van der Waals surface area contributed by atoms with Crippen LogP contribution >= 0.6 is 0 Å². The molecule has 1 heterocycles. The Hall–Kier alpha value is -2.66. The van der Waals surface area contributed by atoms with Gasteiger partial charge in [0, 0.05) is 37.3 Å². The predicted molar refractivity (Wildman–Crippen MR) is 96.1 cm³/mol. The van der Waals surface area contributed by atoms with Crippen molar-refractivity contribution < 1.29 is 14.3 Å². The zero-order chi connectivity index (χ0) is 17.6. The molecule has 0 atom stereocenters. The van der Waals surface area contributed by atoms with Crippen LogP contribution in [0, 0.1) is 0 Å². The number of piperazine rings is 1. The van der Waals surface area contributed by atoms with Crippen LogP contribution in [0.3, 0.4) is 0 Å². The normalized spacial score (nSPS) is 15.0. The van der Waals surface area contributed by atoms with Crippen molar-refractivity contribution in [2.24, 2.45) is 0 Å². The van der Waals surface area contributed by atoms with Gasteiger partial charge in [0.25, 0.3) is 5.91 Å². The van der Waals surface area contributed by atoms with E-state index in [1.165, 1.54) is 0 Å². The molecule has 0 aliphatic carbocycles. The summed E-state index contributed by atoms with van der Waals surface area (Å²) in [6.45, 7) is 3.05. The summed E-state index contributed by atoms with van der Waals surface area (Å²) >= 11 is 0. The summed E-state index contributed by atoms with van der Waals surface area (Å²) < 4.78 is 5.18. The van der Waals surface area contributed by atoms with Crippen molar-refractivity contribution in [3.63, 3.8) is 0 Å². The minimum Gasteiger partial charge on any atom is -0.497 e. The molecule has 1 amide bonds. The Morgan fingerprint density at radius 2 is 1.60 bits per heavy atom. The second kappa shape index (κ2) is 7.94. The Kier molecular flexibility index (Phi) is 5.46. The summed E-state index contributed by atoms with van der Waals surface area (Å²) in [5.74, 6) is 0.805. The summed E-state index contributed by atoms with van der Waals surface area (Å²) in [4.78, 5) is 28.8.